The topological polar surface area (TPSA) is 101 Å². The van der Waals surface area contributed by atoms with Crippen molar-refractivity contribution in [3.63, 3.8) is 0 Å². The number of carbonyl (C=O) groups excluding carboxylic acids is 3. The van der Waals surface area contributed by atoms with Gasteiger partial charge in [0.1, 0.15) is 0 Å². The third kappa shape index (κ3) is 4.25. The van der Waals surface area contributed by atoms with Crippen LogP contribution in [0, 0.1) is 11.8 Å². The number of benzene rings is 1. The minimum absolute atomic E-state index is 0.0718. The lowest BCUT2D eigenvalue weighted by Crippen LogP contribution is -2.40. The number of likely N-dealkylation sites (tertiary alicyclic amines) is 1. The van der Waals surface area contributed by atoms with Crippen molar-refractivity contribution in [3.8, 4) is 0 Å². The van der Waals surface area contributed by atoms with E-state index < -0.39 is 21.8 Å². The van der Waals surface area contributed by atoms with E-state index in [0.29, 0.717) is 32.5 Å². The minimum Gasteiger partial charge on any atom is -0.466 e. The lowest BCUT2D eigenvalue weighted by atomic mass is 9.96. The summed E-state index contributed by atoms with van der Waals surface area (Å²) in [7, 11) is -3.74. The number of halogens is 1. The molecule has 10 heteroatoms. The molecule has 1 atom stereocenters. The second-order valence-electron chi connectivity index (χ2n) is 7.26. The summed E-state index contributed by atoms with van der Waals surface area (Å²) < 4.78 is 30.3. The lowest BCUT2D eigenvalue weighted by molar-refractivity contribution is -0.149. The lowest BCUT2D eigenvalue weighted by Gasteiger charge is -2.31. The van der Waals surface area contributed by atoms with Crippen LogP contribution in [0.5, 0.6) is 0 Å². The number of sulfonamides is 1. The molecule has 2 amide bonds. The molecule has 1 aromatic rings. The number of amides is 2. The molecule has 2 saturated heterocycles. The van der Waals surface area contributed by atoms with Crippen LogP contribution < -0.4 is 4.31 Å². The van der Waals surface area contributed by atoms with Gasteiger partial charge in [-0.2, -0.15) is 0 Å². The summed E-state index contributed by atoms with van der Waals surface area (Å²) in [6.45, 7) is 4.44. The van der Waals surface area contributed by atoms with Crippen LogP contribution in [0.25, 0.3) is 0 Å². The zero-order valence-electron chi connectivity index (χ0n) is 16.3. The summed E-state index contributed by atoms with van der Waals surface area (Å²) in [5.41, 5.74) is 0.351. The smallest absolute Gasteiger partial charge is 0.309 e. The Labute approximate surface area is 174 Å². The van der Waals surface area contributed by atoms with Crippen molar-refractivity contribution in [3.05, 3.63) is 28.8 Å². The zero-order chi connectivity index (χ0) is 21.3. The molecule has 158 valence electrons. The van der Waals surface area contributed by atoms with Gasteiger partial charge in [0.25, 0.3) is 5.91 Å². The average molecular weight is 443 g/mol. The van der Waals surface area contributed by atoms with Crippen molar-refractivity contribution in [2.75, 3.05) is 29.8 Å². The molecule has 1 aromatic carbocycles. The molecule has 0 aliphatic carbocycles. The summed E-state index contributed by atoms with van der Waals surface area (Å²) in [5, 5.41) is 0.0718. The Hall–Kier alpha value is -2.13. The number of ether oxygens (including phenoxy) is 1. The van der Waals surface area contributed by atoms with Crippen LogP contribution in [0.15, 0.2) is 18.2 Å². The Balaban J connectivity index is 1.74. The van der Waals surface area contributed by atoms with Crippen LogP contribution >= 0.6 is 11.6 Å². The third-order valence-corrected chi connectivity index (χ3v) is 7.36. The maximum Gasteiger partial charge on any atom is 0.309 e. The molecular formula is C19H23ClN2O6S. The fourth-order valence-corrected chi connectivity index (χ4v) is 5.71. The first-order chi connectivity index (χ1) is 13.7. The number of carbonyl (C=O) groups is 3. The molecule has 0 N–H and O–H groups in total. The second kappa shape index (κ2) is 8.31. The molecule has 0 aromatic heterocycles. The first kappa shape index (κ1) is 21.6. The largest absolute Gasteiger partial charge is 0.466 e. The summed E-state index contributed by atoms with van der Waals surface area (Å²) >= 11 is 6.27. The van der Waals surface area contributed by atoms with Crippen LogP contribution in [-0.4, -0.2) is 56.6 Å². The zero-order valence-corrected chi connectivity index (χ0v) is 17.8. The number of rotatable bonds is 4. The van der Waals surface area contributed by atoms with Crippen molar-refractivity contribution < 1.29 is 27.5 Å². The third-order valence-electron chi connectivity index (χ3n) is 5.18. The van der Waals surface area contributed by atoms with Crippen LogP contribution in [0.4, 0.5) is 5.69 Å². The van der Waals surface area contributed by atoms with Gasteiger partial charge in [0.05, 0.1) is 40.5 Å². The highest BCUT2D eigenvalue weighted by molar-refractivity contribution is 7.94. The molecule has 0 saturated carbocycles. The molecule has 2 aliphatic rings. The summed E-state index contributed by atoms with van der Waals surface area (Å²) in [6, 6.07) is 4.18. The summed E-state index contributed by atoms with van der Waals surface area (Å²) in [5.74, 6) is -2.15. The van der Waals surface area contributed by atoms with Gasteiger partial charge >= 0.3 is 5.97 Å². The van der Waals surface area contributed by atoms with Gasteiger partial charge in [-0.15, -0.1) is 0 Å². The maximum absolute atomic E-state index is 12.8. The molecule has 2 heterocycles. The minimum atomic E-state index is -3.74. The molecule has 2 fully saturated rings. The Bertz CT molecular complexity index is 940. The molecule has 2 aliphatic heterocycles. The van der Waals surface area contributed by atoms with E-state index >= 15 is 0 Å². The fraction of sp³-hybridized carbons (Fsp3) is 0.526. The van der Waals surface area contributed by atoms with E-state index in [0.717, 1.165) is 4.31 Å². The summed E-state index contributed by atoms with van der Waals surface area (Å²) in [4.78, 5) is 38.5. The molecule has 29 heavy (non-hydrogen) atoms. The van der Waals surface area contributed by atoms with Crippen molar-refractivity contribution in [1.29, 1.82) is 0 Å². The van der Waals surface area contributed by atoms with Gasteiger partial charge in [0.2, 0.25) is 15.9 Å². The molecule has 0 radical (unpaired) electrons. The Morgan fingerprint density at radius 3 is 2.41 bits per heavy atom. The number of esters is 1. The molecule has 0 bridgehead atoms. The van der Waals surface area contributed by atoms with Crippen molar-refractivity contribution >= 4 is 45.1 Å². The normalized spacial score (nSPS) is 22.0. The fourth-order valence-electron chi connectivity index (χ4n) is 3.64. The first-order valence-corrected chi connectivity index (χ1v) is 11.5. The molecular weight excluding hydrogens is 420 g/mol. The number of hydrogen-bond acceptors (Lipinski definition) is 6. The second-order valence-corrected chi connectivity index (χ2v) is 9.53. The standard InChI is InChI=1S/C19H23ClN2O6S/c1-3-28-19(25)13-6-8-21(9-7-13)18(24)15-5-4-14(10-16(15)20)22-17(23)12(2)11-29(22,26)27/h4-5,10,12-13H,3,6-9,11H2,1-2H3/t12-/m1/s1. The van der Waals surface area contributed by atoms with E-state index in [4.69, 9.17) is 16.3 Å². The van der Waals surface area contributed by atoms with Crippen LogP contribution in [0.2, 0.25) is 5.02 Å². The summed E-state index contributed by atoms with van der Waals surface area (Å²) in [6.07, 6.45) is 1.03. The number of piperidine rings is 1. The quantitative estimate of drug-likeness (QED) is 0.661. The van der Waals surface area contributed by atoms with Crippen LogP contribution in [0.1, 0.15) is 37.0 Å². The molecule has 0 unspecified atom stereocenters. The Kier molecular flexibility index (Phi) is 6.19. The number of anilines is 1. The van der Waals surface area contributed by atoms with E-state index in [9.17, 15) is 22.8 Å². The van der Waals surface area contributed by atoms with Gasteiger partial charge in [-0.3, -0.25) is 14.4 Å². The van der Waals surface area contributed by atoms with Crippen LogP contribution in [-0.2, 0) is 24.3 Å². The van der Waals surface area contributed by atoms with E-state index in [1.807, 2.05) is 0 Å². The molecule has 8 nitrogen and oxygen atoms in total. The van der Waals surface area contributed by atoms with Crippen molar-refractivity contribution in [2.45, 2.75) is 26.7 Å². The van der Waals surface area contributed by atoms with Gasteiger partial charge in [-0.25, -0.2) is 12.7 Å². The Morgan fingerprint density at radius 1 is 1.24 bits per heavy atom. The highest BCUT2D eigenvalue weighted by atomic mass is 35.5. The van der Waals surface area contributed by atoms with Crippen molar-refractivity contribution in [2.24, 2.45) is 11.8 Å². The predicted molar refractivity (Wildman–Crippen MR) is 107 cm³/mol. The molecule has 0 spiro atoms. The van der Waals surface area contributed by atoms with E-state index in [1.165, 1.54) is 18.2 Å². The predicted octanol–water partition coefficient (Wildman–Crippen LogP) is 2.07. The number of hydrogen-bond donors (Lipinski definition) is 0. The van der Waals surface area contributed by atoms with E-state index in [-0.39, 0.29) is 39.8 Å². The van der Waals surface area contributed by atoms with Gasteiger partial charge in [0.15, 0.2) is 0 Å². The van der Waals surface area contributed by atoms with Gasteiger partial charge < -0.3 is 9.64 Å². The average Bonchev–Trinajstić information content (AvgIpc) is 2.88. The first-order valence-electron chi connectivity index (χ1n) is 9.48. The Morgan fingerprint density at radius 2 is 1.90 bits per heavy atom. The van der Waals surface area contributed by atoms with E-state index in [2.05, 4.69) is 0 Å². The van der Waals surface area contributed by atoms with Gasteiger partial charge in [-0.05, 0) is 38.0 Å². The van der Waals surface area contributed by atoms with E-state index in [1.54, 1.807) is 18.7 Å². The maximum atomic E-state index is 12.8. The van der Waals surface area contributed by atoms with Crippen LogP contribution in [0.3, 0.4) is 0 Å². The van der Waals surface area contributed by atoms with Crippen molar-refractivity contribution in [1.82, 2.24) is 4.90 Å². The highest BCUT2D eigenvalue weighted by Crippen LogP contribution is 2.32. The van der Waals surface area contributed by atoms with Gasteiger partial charge in [-0.1, -0.05) is 18.5 Å². The molecule has 3 rings (SSSR count). The SMILES string of the molecule is CCOC(=O)C1CCN(C(=O)c2ccc(N3C(=O)[C@H](C)CS3(=O)=O)cc2Cl)CC1. The monoisotopic (exact) mass is 442 g/mol. The number of nitrogens with zero attached hydrogens (tertiary/aromatic N) is 2. The highest BCUT2D eigenvalue weighted by Gasteiger charge is 2.42. The van der Waals surface area contributed by atoms with Gasteiger partial charge in [0, 0.05) is 13.1 Å².